The summed E-state index contributed by atoms with van der Waals surface area (Å²) in [6, 6.07) is 11.8. The molecule has 0 unspecified atom stereocenters. The number of aliphatic hydroxyl groups excluding tert-OH is 3. The monoisotopic (exact) mass is 410 g/mol. The van der Waals surface area contributed by atoms with Gasteiger partial charge in [0.15, 0.2) is 0 Å². The Bertz CT molecular complexity index is 781. The van der Waals surface area contributed by atoms with Gasteiger partial charge in [-0.2, -0.15) is 13.2 Å². The summed E-state index contributed by atoms with van der Waals surface area (Å²) in [4.78, 5) is 0. The van der Waals surface area contributed by atoms with Crippen molar-refractivity contribution in [2.45, 2.75) is 36.9 Å². The summed E-state index contributed by atoms with van der Waals surface area (Å²) < 4.78 is 38.0. The van der Waals surface area contributed by atoms with Crippen LogP contribution >= 0.6 is 0 Å². The van der Waals surface area contributed by atoms with E-state index in [1.807, 2.05) is 12.1 Å². The predicted molar refractivity (Wildman–Crippen MR) is 103 cm³/mol. The molecule has 1 fully saturated rings. The molecule has 0 amide bonds. The summed E-state index contributed by atoms with van der Waals surface area (Å²) in [6.07, 6.45) is -5.32. The van der Waals surface area contributed by atoms with E-state index in [9.17, 15) is 28.5 Å². The topological polar surface area (TPSA) is 84.8 Å². The van der Waals surface area contributed by atoms with Crippen molar-refractivity contribution in [2.24, 2.45) is 0 Å². The van der Waals surface area contributed by atoms with Crippen molar-refractivity contribution in [3.8, 4) is 11.1 Å². The first-order chi connectivity index (χ1) is 13.8. The van der Waals surface area contributed by atoms with E-state index >= 15 is 0 Å². The van der Waals surface area contributed by atoms with Crippen molar-refractivity contribution < 1.29 is 28.5 Å². The maximum Gasteiger partial charge on any atom is 0.416 e. The molecular weight excluding hydrogens is 385 g/mol. The first kappa shape index (κ1) is 21.7. The van der Waals surface area contributed by atoms with Gasteiger partial charge in [0.05, 0.1) is 30.4 Å². The van der Waals surface area contributed by atoms with Gasteiger partial charge in [-0.15, -0.1) is 0 Å². The second kappa shape index (κ2) is 9.23. The lowest BCUT2D eigenvalue weighted by Gasteiger charge is -2.20. The van der Waals surface area contributed by atoms with Gasteiger partial charge in [-0.3, -0.25) is 0 Å². The van der Waals surface area contributed by atoms with Gasteiger partial charge in [0.25, 0.3) is 0 Å². The van der Waals surface area contributed by atoms with E-state index in [-0.39, 0.29) is 18.7 Å². The molecule has 1 saturated heterocycles. The Morgan fingerprint density at radius 2 is 1.59 bits per heavy atom. The van der Waals surface area contributed by atoms with Crippen molar-refractivity contribution in [2.75, 3.05) is 19.7 Å². The van der Waals surface area contributed by atoms with E-state index in [1.54, 1.807) is 12.1 Å². The molecule has 29 heavy (non-hydrogen) atoms. The molecule has 2 aromatic rings. The van der Waals surface area contributed by atoms with Gasteiger partial charge in [-0.05, 0) is 41.8 Å². The van der Waals surface area contributed by atoms with Crippen molar-refractivity contribution in [1.82, 2.24) is 10.6 Å². The van der Waals surface area contributed by atoms with Crippen LogP contribution in [0.5, 0.6) is 0 Å². The maximum absolute atomic E-state index is 12.7. The Balaban J connectivity index is 1.59. The third-order valence-electron chi connectivity index (χ3n) is 5.28. The molecule has 5 nitrogen and oxygen atoms in total. The fourth-order valence-corrected chi connectivity index (χ4v) is 3.52. The lowest BCUT2D eigenvalue weighted by molar-refractivity contribution is -0.137. The highest BCUT2D eigenvalue weighted by Crippen LogP contribution is 2.31. The molecule has 8 heteroatoms. The van der Waals surface area contributed by atoms with E-state index < -0.39 is 23.9 Å². The zero-order valence-electron chi connectivity index (χ0n) is 15.7. The second-order valence-electron chi connectivity index (χ2n) is 7.25. The zero-order valence-corrected chi connectivity index (χ0v) is 15.7. The quantitative estimate of drug-likeness (QED) is 0.483. The fourth-order valence-electron chi connectivity index (χ4n) is 3.52. The number of β-amino-alcohol motifs (C(OH)–C–C–N with tert-alkyl or cyclic N) is 1. The number of rotatable bonds is 7. The van der Waals surface area contributed by atoms with Gasteiger partial charge in [0.2, 0.25) is 0 Å². The predicted octanol–water partition coefficient (Wildman–Crippen LogP) is 2.08. The molecular formula is C21H25F3N2O3. The van der Waals surface area contributed by atoms with Gasteiger partial charge < -0.3 is 26.0 Å². The van der Waals surface area contributed by atoms with Crippen LogP contribution < -0.4 is 10.6 Å². The lowest BCUT2D eigenvalue weighted by atomic mass is 9.99. The largest absolute Gasteiger partial charge is 0.416 e. The number of hydrogen-bond acceptors (Lipinski definition) is 5. The lowest BCUT2D eigenvalue weighted by Crippen LogP contribution is -2.37. The van der Waals surface area contributed by atoms with Crippen molar-refractivity contribution in [3.05, 3.63) is 59.7 Å². The molecule has 1 heterocycles. The molecule has 0 radical (unpaired) electrons. The van der Waals surface area contributed by atoms with Crippen LogP contribution in [0.1, 0.15) is 23.6 Å². The minimum Gasteiger partial charge on any atom is -0.394 e. The molecule has 2 aromatic carbocycles. The van der Waals surface area contributed by atoms with Crippen LogP contribution in [0, 0.1) is 0 Å². The minimum absolute atomic E-state index is 0.122. The van der Waals surface area contributed by atoms with E-state index in [4.69, 9.17) is 0 Å². The standard InChI is InChI=1S/C21H25F3N2O3/c22-21(23,24)16-7-5-14(6-8-16)13-1-3-15(4-2-13)18(12-27)25-10-9-17-20(29)19(28)11-26-17/h1-8,17-20,25-29H,9-12H2/t17-,18+,19+,20-/m1/s1. The highest BCUT2D eigenvalue weighted by atomic mass is 19.4. The number of nitrogens with one attached hydrogen (secondary N) is 2. The molecule has 0 aromatic heterocycles. The minimum atomic E-state index is -4.36. The first-order valence-electron chi connectivity index (χ1n) is 9.51. The van der Waals surface area contributed by atoms with Crippen molar-refractivity contribution in [3.63, 3.8) is 0 Å². The Labute approximate surface area is 167 Å². The molecule has 0 saturated carbocycles. The van der Waals surface area contributed by atoms with Gasteiger partial charge >= 0.3 is 6.18 Å². The molecule has 1 aliphatic rings. The van der Waals surface area contributed by atoms with E-state index in [0.29, 0.717) is 25.1 Å². The van der Waals surface area contributed by atoms with E-state index in [0.717, 1.165) is 23.3 Å². The van der Waals surface area contributed by atoms with Crippen LogP contribution in [-0.4, -0.2) is 53.3 Å². The maximum atomic E-state index is 12.7. The van der Waals surface area contributed by atoms with Crippen LogP contribution in [0.3, 0.4) is 0 Å². The third kappa shape index (κ3) is 5.34. The number of hydrogen-bond donors (Lipinski definition) is 5. The van der Waals surface area contributed by atoms with Crippen LogP contribution in [0.2, 0.25) is 0 Å². The molecule has 0 aliphatic carbocycles. The summed E-state index contributed by atoms with van der Waals surface area (Å²) in [6.45, 7) is 0.775. The SMILES string of the molecule is OC[C@H](NCC[C@H]1NC[C@H](O)[C@@H]1O)c1ccc(-c2ccc(C(F)(F)F)cc2)cc1. The smallest absolute Gasteiger partial charge is 0.394 e. The van der Waals surface area contributed by atoms with Crippen LogP contribution in [0.4, 0.5) is 13.2 Å². The van der Waals surface area contributed by atoms with Crippen LogP contribution in [-0.2, 0) is 6.18 Å². The van der Waals surface area contributed by atoms with Gasteiger partial charge in [-0.1, -0.05) is 36.4 Å². The summed E-state index contributed by atoms with van der Waals surface area (Å²) in [5, 5.41) is 35.4. The number of benzene rings is 2. The van der Waals surface area contributed by atoms with E-state index in [1.165, 1.54) is 12.1 Å². The number of alkyl halides is 3. The molecule has 3 rings (SSSR count). The van der Waals surface area contributed by atoms with Gasteiger partial charge in [-0.25, -0.2) is 0 Å². The Morgan fingerprint density at radius 1 is 1.00 bits per heavy atom. The molecule has 158 valence electrons. The molecule has 5 N–H and O–H groups in total. The Hall–Kier alpha value is -1.97. The second-order valence-corrected chi connectivity index (χ2v) is 7.25. The molecule has 4 atom stereocenters. The Kier molecular flexibility index (Phi) is 6.92. The number of aliphatic hydroxyl groups is 3. The average molecular weight is 410 g/mol. The summed E-state index contributed by atoms with van der Waals surface area (Å²) in [7, 11) is 0. The van der Waals surface area contributed by atoms with Crippen LogP contribution in [0.15, 0.2) is 48.5 Å². The zero-order chi connectivity index (χ0) is 21.0. The fraction of sp³-hybridized carbons (Fsp3) is 0.429. The molecule has 0 bridgehead atoms. The first-order valence-corrected chi connectivity index (χ1v) is 9.51. The molecule has 1 aliphatic heterocycles. The highest BCUT2D eigenvalue weighted by Gasteiger charge is 2.32. The summed E-state index contributed by atoms with van der Waals surface area (Å²) in [5.41, 5.74) is 1.63. The van der Waals surface area contributed by atoms with Crippen molar-refractivity contribution in [1.29, 1.82) is 0 Å². The van der Waals surface area contributed by atoms with Gasteiger partial charge in [0, 0.05) is 12.6 Å². The summed E-state index contributed by atoms with van der Waals surface area (Å²) >= 11 is 0. The molecule has 0 spiro atoms. The van der Waals surface area contributed by atoms with Gasteiger partial charge in [0.1, 0.15) is 0 Å². The van der Waals surface area contributed by atoms with Crippen molar-refractivity contribution >= 4 is 0 Å². The normalized spacial score (nSPS) is 23.3. The number of halogens is 3. The van der Waals surface area contributed by atoms with E-state index in [2.05, 4.69) is 10.6 Å². The third-order valence-corrected chi connectivity index (χ3v) is 5.28. The highest BCUT2D eigenvalue weighted by molar-refractivity contribution is 5.64. The Morgan fingerprint density at radius 3 is 2.07 bits per heavy atom. The average Bonchev–Trinajstić information content (AvgIpc) is 3.03. The summed E-state index contributed by atoms with van der Waals surface area (Å²) in [5.74, 6) is 0. The van der Waals surface area contributed by atoms with Crippen LogP contribution in [0.25, 0.3) is 11.1 Å².